The summed E-state index contributed by atoms with van der Waals surface area (Å²) in [6.45, 7) is 2.09. The van der Waals surface area contributed by atoms with Crippen LogP contribution in [0, 0.1) is 6.92 Å². The van der Waals surface area contributed by atoms with Crippen molar-refractivity contribution in [3.63, 3.8) is 0 Å². The summed E-state index contributed by atoms with van der Waals surface area (Å²) in [6, 6.07) is 17.2. The predicted octanol–water partition coefficient (Wildman–Crippen LogP) is 4.82. The zero-order valence-corrected chi connectivity index (χ0v) is 15.3. The molecule has 0 atom stereocenters. The van der Waals surface area contributed by atoms with Gasteiger partial charge in [0.15, 0.2) is 5.78 Å². The third-order valence-electron chi connectivity index (χ3n) is 3.88. The number of carbonyl (C=O) groups excluding carboxylic acids is 2. The number of ether oxygens (including phenoxy) is 1. The molecule has 0 unspecified atom stereocenters. The molecular weight excluding hydrogens is 346 g/mol. The van der Waals surface area contributed by atoms with Crippen molar-refractivity contribution in [2.45, 2.75) is 26.4 Å². The second kappa shape index (κ2) is 8.54. The van der Waals surface area contributed by atoms with E-state index in [1.165, 1.54) is 11.3 Å². The smallest absolute Gasteiger partial charge is 0.306 e. The van der Waals surface area contributed by atoms with Gasteiger partial charge in [-0.3, -0.25) is 9.59 Å². The average Bonchev–Trinajstić information content (AvgIpc) is 3.15. The SMILES string of the molecule is Cc1ccc(C(=O)CCC(=O)OCc2csc(-c3ccccc3)n2)cc1. The number of benzene rings is 2. The van der Waals surface area contributed by atoms with Gasteiger partial charge in [0, 0.05) is 22.9 Å². The van der Waals surface area contributed by atoms with E-state index in [4.69, 9.17) is 4.74 Å². The Morgan fingerprint density at radius 1 is 1.00 bits per heavy atom. The van der Waals surface area contributed by atoms with Gasteiger partial charge in [0.25, 0.3) is 0 Å². The maximum atomic E-state index is 12.1. The van der Waals surface area contributed by atoms with Crippen LogP contribution in [-0.2, 0) is 16.1 Å². The first-order chi connectivity index (χ1) is 12.6. The van der Waals surface area contributed by atoms with Crippen molar-refractivity contribution >= 4 is 23.1 Å². The fourth-order valence-corrected chi connectivity index (χ4v) is 3.22. The van der Waals surface area contributed by atoms with Crippen LogP contribution in [0.2, 0.25) is 0 Å². The number of aryl methyl sites for hydroxylation is 1. The van der Waals surface area contributed by atoms with E-state index in [-0.39, 0.29) is 31.2 Å². The van der Waals surface area contributed by atoms with Crippen LogP contribution in [0.1, 0.15) is 34.5 Å². The van der Waals surface area contributed by atoms with Crippen molar-refractivity contribution in [3.05, 3.63) is 76.8 Å². The zero-order valence-electron chi connectivity index (χ0n) is 14.5. The number of Topliss-reactive ketones (excluding diaryl/α,β-unsaturated/α-hetero) is 1. The fraction of sp³-hybridized carbons (Fsp3) is 0.190. The summed E-state index contributed by atoms with van der Waals surface area (Å²) in [7, 11) is 0. The summed E-state index contributed by atoms with van der Waals surface area (Å²) in [6.07, 6.45) is 0.219. The van der Waals surface area contributed by atoms with Crippen LogP contribution < -0.4 is 0 Å². The summed E-state index contributed by atoms with van der Waals surface area (Å²) in [5.41, 5.74) is 3.47. The number of ketones is 1. The molecule has 3 aromatic rings. The molecule has 1 heterocycles. The molecule has 1 aromatic heterocycles. The number of thiazole rings is 1. The van der Waals surface area contributed by atoms with E-state index in [0.29, 0.717) is 11.3 Å². The second-order valence-electron chi connectivity index (χ2n) is 5.96. The monoisotopic (exact) mass is 365 g/mol. The molecule has 0 saturated carbocycles. The van der Waals surface area contributed by atoms with Crippen LogP contribution in [0.15, 0.2) is 60.0 Å². The van der Waals surface area contributed by atoms with Gasteiger partial charge in [-0.1, -0.05) is 60.2 Å². The Balaban J connectivity index is 1.46. The van der Waals surface area contributed by atoms with Crippen molar-refractivity contribution in [1.29, 1.82) is 0 Å². The van der Waals surface area contributed by atoms with E-state index in [2.05, 4.69) is 4.98 Å². The standard InChI is InChI=1S/C21H19NO3S/c1-15-7-9-16(10-8-15)19(23)11-12-20(24)25-13-18-14-26-21(22-18)17-5-3-2-4-6-17/h2-10,14H,11-13H2,1H3. The summed E-state index contributed by atoms with van der Waals surface area (Å²) in [4.78, 5) is 28.4. The Bertz CT molecular complexity index is 885. The van der Waals surface area contributed by atoms with E-state index in [0.717, 1.165) is 16.1 Å². The molecule has 5 heteroatoms. The van der Waals surface area contributed by atoms with Crippen molar-refractivity contribution in [1.82, 2.24) is 4.98 Å². The van der Waals surface area contributed by atoms with Crippen LogP contribution in [-0.4, -0.2) is 16.7 Å². The molecule has 0 radical (unpaired) electrons. The third-order valence-corrected chi connectivity index (χ3v) is 4.82. The van der Waals surface area contributed by atoms with E-state index in [1.807, 2.05) is 54.8 Å². The highest BCUT2D eigenvalue weighted by molar-refractivity contribution is 7.13. The number of esters is 1. The lowest BCUT2D eigenvalue weighted by molar-refractivity contribution is -0.145. The molecule has 0 fully saturated rings. The summed E-state index contributed by atoms with van der Waals surface area (Å²) < 4.78 is 5.24. The van der Waals surface area contributed by atoms with Crippen molar-refractivity contribution in [3.8, 4) is 10.6 Å². The van der Waals surface area contributed by atoms with Gasteiger partial charge in [0.1, 0.15) is 11.6 Å². The van der Waals surface area contributed by atoms with Gasteiger partial charge in [-0.25, -0.2) is 4.98 Å². The molecule has 0 N–H and O–H groups in total. The molecule has 132 valence electrons. The summed E-state index contributed by atoms with van der Waals surface area (Å²) in [5, 5.41) is 2.78. The molecule has 4 nitrogen and oxygen atoms in total. The maximum Gasteiger partial charge on any atom is 0.306 e. The predicted molar refractivity (Wildman–Crippen MR) is 102 cm³/mol. The van der Waals surface area contributed by atoms with Gasteiger partial charge in [0.05, 0.1) is 12.1 Å². The largest absolute Gasteiger partial charge is 0.459 e. The normalized spacial score (nSPS) is 10.5. The number of hydrogen-bond donors (Lipinski definition) is 0. The van der Waals surface area contributed by atoms with Crippen LogP contribution >= 0.6 is 11.3 Å². The first-order valence-corrected chi connectivity index (χ1v) is 9.25. The minimum atomic E-state index is -0.389. The quantitative estimate of drug-likeness (QED) is 0.445. The Hall–Kier alpha value is -2.79. The zero-order chi connectivity index (χ0) is 18.4. The molecule has 26 heavy (non-hydrogen) atoms. The van der Waals surface area contributed by atoms with E-state index in [1.54, 1.807) is 12.1 Å². The molecule has 3 rings (SSSR count). The molecule has 0 aliphatic rings. The molecule has 0 saturated heterocycles. The number of aromatic nitrogens is 1. The summed E-state index contributed by atoms with van der Waals surface area (Å²) >= 11 is 1.51. The highest BCUT2D eigenvalue weighted by atomic mass is 32.1. The van der Waals surface area contributed by atoms with Crippen LogP contribution in [0.4, 0.5) is 0 Å². The number of carbonyl (C=O) groups is 2. The maximum absolute atomic E-state index is 12.1. The van der Waals surface area contributed by atoms with Gasteiger partial charge < -0.3 is 4.74 Å². The van der Waals surface area contributed by atoms with E-state index < -0.39 is 0 Å². The third kappa shape index (κ3) is 4.86. The Morgan fingerprint density at radius 2 is 1.73 bits per heavy atom. The average molecular weight is 365 g/mol. The van der Waals surface area contributed by atoms with Crippen LogP contribution in [0.5, 0.6) is 0 Å². The number of hydrogen-bond acceptors (Lipinski definition) is 5. The minimum absolute atomic E-state index is 0.0537. The van der Waals surface area contributed by atoms with Gasteiger partial charge in [-0.05, 0) is 6.92 Å². The molecule has 0 bridgehead atoms. The first-order valence-electron chi connectivity index (χ1n) is 8.37. The van der Waals surface area contributed by atoms with Gasteiger partial charge in [0.2, 0.25) is 0 Å². The van der Waals surface area contributed by atoms with Gasteiger partial charge in [-0.15, -0.1) is 11.3 Å². The molecule has 0 amide bonds. The Labute approximate surface area is 156 Å². The van der Waals surface area contributed by atoms with E-state index >= 15 is 0 Å². The lowest BCUT2D eigenvalue weighted by Gasteiger charge is -2.03. The topological polar surface area (TPSA) is 56.3 Å². The Morgan fingerprint density at radius 3 is 2.46 bits per heavy atom. The van der Waals surface area contributed by atoms with Crippen LogP contribution in [0.25, 0.3) is 10.6 Å². The molecule has 0 aliphatic carbocycles. The first kappa shape index (κ1) is 18.0. The van der Waals surface area contributed by atoms with E-state index in [9.17, 15) is 9.59 Å². The highest BCUT2D eigenvalue weighted by Gasteiger charge is 2.11. The van der Waals surface area contributed by atoms with Crippen molar-refractivity contribution < 1.29 is 14.3 Å². The van der Waals surface area contributed by atoms with Crippen molar-refractivity contribution in [2.24, 2.45) is 0 Å². The van der Waals surface area contributed by atoms with Crippen molar-refractivity contribution in [2.75, 3.05) is 0 Å². The summed E-state index contributed by atoms with van der Waals surface area (Å²) in [5.74, 6) is -0.443. The lowest BCUT2D eigenvalue weighted by Crippen LogP contribution is -2.08. The number of rotatable bonds is 7. The molecule has 2 aromatic carbocycles. The second-order valence-corrected chi connectivity index (χ2v) is 6.82. The number of nitrogens with zero attached hydrogens (tertiary/aromatic N) is 1. The Kier molecular flexibility index (Phi) is 5.92. The molecular formula is C21H19NO3S. The van der Waals surface area contributed by atoms with Gasteiger partial charge in [-0.2, -0.15) is 0 Å². The molecule has 0 aliphatic heterocycles. The fourth-order valence-electron chi connectivity index (χ4n) is 2.41. The highest BCUT2D eigenvalue weighted by Crippen LogP contribution is 2.23. The lowest BCUT2D eigenvalue weighted by atomic mass is 10.1. The minimum Gasteiger partial charge on any atom is -0.459 e. The molecule has 0 spiro atoms. The van der Waals surface area contributed by atoms with Gasteiger partial charge >= 0.3 is 5.97 Å². The van der Waals surface area contributed by atoms with Crippen LogP contribution in [0.3, 0.4) is 0 Å².